The fourth-order valence-corrected chi connectivity index (χ4v) is 4.09. The van der Waals surface area contributed by atoms with Crippen molar-refractivity contribution in [1.29, 1.82) is 0 Å². The van der Waals surface area contributed by atoms with Crippen molar-refractivity contribution in [2.75, 3.05) is 13.1 Å². The summed E-state index contributed by atoms with van der Waals surface area (Å²) in [6.07, 6.45) is 4.72. The van der Waals surface area contributed by atoms with Crippen LogP contribution in [-0.2, 0) is 0 Å². The molecule has 3 aliphatic rings. The van der Waals surface area contributed by atoms with E-state index >= 15 is 0 Å². The van der Waals surface area contributed by atoms with Crippen LogP contribution in [0, 0.1) is 29.6 Å². The zero-order chi connectivity index (χ0) is 8.13. The Hall–Kier alpha value is -0.0400. The Bertz CT molecular complexity index is 173. The molecule has 0 aromatic rings. The minimum absolute atomic E-state index is 1.09. The van der Waals surface area contributed by atoms with Gasteiger partial charge in [-0.2, -0.15) is 0 Å². The first-order chi connectivity index (χ1) is 5.92. The van der Waals surface area contributed by atoms with Crippen LogP contribution in [0.5, 0.6) is 0 Å². The molecule has 1 nitrogen and oxygen atoms in total. The fraction of sp³-hybridized carbons (Fsp3) is 1.00. The first-order valence-corrected chi connectivity index (χ1v) is 5.62. The predicted octanol–water partition coefficient (Wildman–Crippen LogP) is 1.89. The molecule has 12 heavy (non-hydrogen) atoms. The SMILES string of the molecule is CCNCC1C2C3CCC(C3)C12. The third-order valence-corrected chi connectivity index (χ3v) is 4.52. The van der Waals surface area contributed by atoms with Gasteiger partial charge in [-0.1, -0.05) is 6.92 Å². The van der Waals surface area contributed by atoms with Crippen LogP contribution < -0.4 is 5.32 Å². The molecule has 1 heteroatoms. The lowest BCUT2D eigenvalue weighted by Gasteiger charge is -2.07. The predicted molar refractivity (Wildman–Crippen MR) is 49.8 cm³/mol. The van der Waals surface area contributed by atoms with Crippen LogP contribution in [0.3, 0.4) is 0 Å². The minimum atomic E-state index is 1.09. The molecule has 0 aliphatic heterocycles. The Morgan fingerprint density at radius 1 is 1.17 bits per heavy atom. The zero-order valence-electron chi connectivity index (χ0n) is 7.92. The summed E-state index contributed by atoms with van der Waals surface area (Å²) in [5.41, 5.74) is 0. The molecule has 0 heterocycles. The van der Waals surface area contributed by atoms with Gasteiger partial charge >= 0.3 is 0 Å². The third-order valence-electron chi connectivity index (χ3n) is 4.52. The molecule has 0 amide bonds. The van der Waals surface area contributed by atoms with Gasteiger partial charge in [0.1, 0.15) is 0 Å². The van der Waals surface area contributed by atoms with Gasteiger partial charge in [-0.15, -0.1) is 0 Å². The molecule has 3 saturated carbocycles. The lowest BCUT2D eigenvalue weighted by atomic mass is 10.0. The average Bonchev–Trinajstić information content (AvgIpc) is 2.52. The van der Waals surface area contributed by atoms with Crippen molar-refractivity contribution in [1.82, 2.24) is 5.32 Å². The van der Waals surface area contributed by atoms with Crippen LogP contribution in [0.2, 0.25) is 0 Å². The van der Waals surface area contributed by atoms with Crippen molar-refractivity contribution < 1.29 is 0 Å². The lowest BCUT2D eigenvalue weighted by molar-refractivity contribution is 0.446. The molecule has 3 aliphatic carbocycles. The van der Waals surface area contributed by atoms with E-state index in [1.54, 1.807) is 19.3 Å². The normalized spacial score (nSPS) is 54.2. The lowest BCUT2D eigenvalue weighted by Crippen LogP contribution is -2.18. The second-order valence-electron chi connectivity index (χ2n) is 4.96. The van der Waals surface area contributed by atoms with E-state index in [9.17, 15) is 0 Å². The second-order valence-corrected chi connectivity index (χ2v) is 4.96. The first kappa shape index (κ1) is 7.37. The highest BCUT2D eigenvalue weighted by Gasteiger charge is 2.64. The van der Waals surface area contributed by atoms with Gasteiger partial charge in [-0.3, -0.25) is 0 Å². The Morgan fingerprint density at radius 3 is 2.42 bits per heavy atom. The van der Waals surface area contributed by atoms with Gasteiger partial charge in [-0.25, -0.2) is 0 Å². The van der Waals surface area contributed by atoms with Gasteiger partial charge < -0.3 is 5.32 Å². The summed E-state index contributed by atoms with van der Waals surface area (Å²) in [4.78, 5) is 0. The van der Waals surface area contributed by atoms with Crippen LogP contribution in [-0.4, -0.2) is 13.1 Å². The van der Waals surface area contributed by atoms with Crippen molar-refractivity contribution in [3.63, 3.8) is 0 Å². The van der Waals surface area contributed by atoms with Crippen molar-refractivity contribution >= 4 is 0 Å². The van der Waals surface area contributed by atoms with Crippen LogP contribution >= 0.6 is 0 Å². The van der Waals surface area contributed by atoms with E-state index in [2.05, 4.69) is 12.2 Å². The maximum atomic E-state index is 3.51. The van der Waals surface area contributed by atoms with Gasteiger partial charge in [0.15, 0.2) is 0 Å². The molecular formula is C11H19N. The maximum absolute atomic E-state index is 3.51. The molecule has 4 unspecified atom stereocenters. The number of rotatable bonds is 3. The monoisotopic (exact) mass is 165 g/mol. The standard InChI is InChI=1S/C11H19N/c1-2-12-6-9-10-7-3-4-8(5-7)11(9)10/h7-12H,2-6H2,1H3. The Morgan fingerprint density at radius 2 is 1.83 bits per heavy atom. The highest BCUT2D eigenvalue weighted by Crippen LogP contribution is 2.69. The molecule has 0 aromatic heterocycles. The second kappa shape index (κ2) is 2.47. The summed E-state index contributed by atoms with van der Waals surface area (Å²) in [7, 11) is 0. The quantitative estimate of drug-likeness (QED) is 0.673. The molecule has 3 fully saturated rings. The number of fused-ring (bicyclic) bond motifs is 5. The van der Waals surface area contributed by atoms with Crippen LogP contribution in [0.25, 0.3) is 0 Å². The summed E-state index contributed by atoms with van der Waals surface area (Å²) in [5.74, 6) is 5.74. The molecular weight excluding hydrogens is 146 g/mol. The van der Waals surface area contributed by atoms with Gasteiger partial charge in [0.2, 0.25) is 0 Å². The summed E-state index contributed by atoms with van der Waals surface area (Å²) in [6.45, 7) is 4.69. The molecule has 4 atom stereocenters. The van der Waals surface area contributed by atoms with Gasteiger partial charge in [0.25, 0.3) is 0 Å². The molecule has 0 spiro atoms. The number of hydrogen-bond acceptors (Lipinski definition) is 1. The molecule has 0 radical (unpaired) electrons. The van der Waals surface area contributed by atoms with Crippen molar-refractivity contribution in [3.05, 3.63) is 0 Å². The highest BCUT2D eigenvalue weighted by atomic mass is 14.9. The van der Waals surface area contributed by atoms with E-state index in [1.165, 1.54) is 18.4 Å². The maximum Gasteiger partial charge on any atom is -0.00149 e. The van der Waals surface area contributed by atoms with Crippen molar-refractivity contribution in [2.45, 2.75) is 26.2 Å². The van der Waals surface area contributed by atoms with E-state index in [0.717, 1.165) is 24.3 Å². The smallest absolute Gasteiger partial charge is 0.00149 e. The van der Waals surface area contributed by atoms with Crippen molar-refractivity contribution in [3.8, 4) is 0 Å². The van der Waals surface area contributed by atoms with E-state index < -0.39 is 0 Å². The zero-order valence-corrected chi connectivity index (χ0v) is 7.92. The Balaban J connectivity index is 1.60. The summed E-state index contributed by atoms with van der Waals surface area (Å²) >= 11 is 0. The van der Waals surface area contributed by atoms with Gasteiger partial charge in [0.05, 0.1) is 0 Å². The summed E-state index contributed by atoms with van der Waals surface area (Å²) < 4.78 is 0. The largest absolute Gasteiger partial charge is 0.317 e. The van der Waals surface area contributed by atoms with E-state index in [-0.39, 0.29) is 0 Å². The van der Waals surface area contributed by atoms with Crippen LogP contribution in [0.15, 0.2) is 0 Å². The molecule has 3 rings (SSSR count). The topological polar surface area (TPSA) is 12.0 Å². The van der Waals surface area contributed by atoms with E-state index in [4.69, 9.17) is 0 Å². The number of nitrogens with one attached hydrogen (secondary N) is 1. The molecule has 1 N–H and O–H groups in total. The minimum Gasteiger partial charge on any atom is -0.317 e. The summed E-state index contributed by atoms with van der Waals surface area (Å²) in [5, 5.41) is 3.51. The van der Waals surface area contributed by atoms with E-state index in [1.807, 2.05) is 0 Å². The highest BCUT2D eigenvalue weighted by molar-refractivity contribution is 5.12. The Kier molecular flexibility index (Phi) is 1.52. The Labute approximate surface area is 74.9 Å². The van der Waals surface area contributed by atoms with Crippen LogP contribution in [0.4, 0.5) is 0 Å². The molecule has 68 valence electrons. The molecule has 0 aromatic carbocycles. The number of hydrogen-bond donors (Lipinski definition) is 1. The van der Waals surface area contributed by atoms with Crippen LogP contribution in [0.1, 0.15) is 26.2 Å². The average molecular weight is 165 g/mol. The first-order valence-electron chi connectivity index (χ1n) is 5.62. The fourth-order valence-electron chi connectivity index (χ4n) is 4.09. The molecule has 0 saturated heterocycles. The third kappa shape index (κ3) is 0.834. The molecule has 2 bridgehead atoms. The van der Waals surface area contributed by atoms with Crippen molar-refractivity contribution in [2.24, 2.45) is 29.6 Å². The van der Waals surface area contributed by atoms with Gasteiger partial charge in [-0.05, 0) is 61.9 Å². The summed E-state index contributed by atoms with van der Waals surface area (Å²) in [6, 6.07) is 0. The van der Waals surface area contributed by atoms with Gasteiger partial charge in [0, 0.05) is 0 Å². The van der Waals surface area contributed by atoms with E-state index in [0.29, 0.717) is 0 Å².